The molecule has 6 heteroatoms. The molecule has 1 aromatic heterocycles. The minimum absolute atomic E-state index is 0.304. The molecule has 1 fully saturated rings. The van der Waals surface area contributed by atoms with E-state index in [0.717, 1.165) is 31.6 Å². The van der Waals surface area contributed by atoms with Gasteiger partial charge in [-0.05, 0) is 37.8 Å². The number of hydrogen-bond donors (Lipinski definition) is 1. The lowest BCUT2D eigenvalue weighted by atomic mass is 10.00. The third kappa shape index (κ3) is 3.77. The molecule has 0 saturated carbocycles. The topological polar surface area (TPSA) is 81.9 Å². The monoisotopic (exact) mass is 335 g/mol. The van der Waals surface area contributed by atoms with Crippen molar-refractivity contribution in [2.45, 2.75) is 38.6 Å². The van der Waals surface area contributed by atoms with Gasteiger partial charge in [0.1, 0.15) is 23.9 Å². The number of nitrogens with one attached hydrogen (secondary N) is 1. The van der Waals surface area contributed by atoms with E-state index in [9.17, 15) is 4.79 Å². The molecule has 1 aliphatic rings. The van der Waals surface area contributed by atoms with Crippen LogP contribution in [0, 0.1) is 11.3 Å². The average Bonchev–Trinajstić information content (AvgIpc) is 2.68. The first kappa shape index (κ1) is 16.9. The molecule has 2 aromatic rings. The Morgan fingerprint density at radius 3 is 3.00 bits per heavy atom. The van der Waals surface area contributed by atoms with Crippen molar-refractivity contribution in [1.29, 1.82) is 5.26 Å². The van der Waals surface area contributed by atoms with E-state index in [1.807, 2.05) is 0 Å². The molecular weight excluding hydrogens is 314 g/mol. The third-order valence-corrected chi connectivity index (χ3v) is 4.57. The number of amides is 1. The molecule has 0 aliphatic carbocycles. The Labute approximate surface area is 147 Å². The van der Waals surface area contributed by atoms with E-state index in [-0.39, 0.29) is 5.91 Å². The van der Waals surface area contributed by atoms with Gasteiger partial charge in [-0.25, -0.2) is 9.97 Å². The van der Waals surface area contributed by atoms with Gasteiger partial charge >= 0.3 is 0 Å². The van der Waals surface area contributed by atoms with Crippen LogP contribution in [0.2, 0.25) is 0 Å². The Kier molecular flexibility index (Phi) is 5.24. The van der Waals surface area contributed by atoms with Gasteiger partial charge in [0.05, 0.1) is 11.3 Å². The van der Waals surface area contributed by atoms with E-state index in [4.69, 9.17) is 5.26 Å². The van der Waals surface area contributed by atoms with Crippen molar-refractivity contribution in [2.24, 2.45) is 0 Å². The number of rotatable bonds is 4. The molecular formula is C19H21N5O. The maximum Gasteiger partial charge on any atom is 0.274 e. The first-order chi connectivity index (χ1) is 12.2. The van der Waals surface area contributed by atoms with Crippen LogP contribution in [0.1, 0.15) is 48.7 Å². The van der Waals surface area contributed by atoms with E-state index in [2.05, 4.69) is 33.2 Å². The molecule has 2 heterocycles. The van der Waals surface area contributed by atoms with Gasteiger partial charge in [-0.3, -0.25) is 4.79 Å². The van der Waals surface area contributed by atoms with E-state index < -0.39 is 0 Å². The van der Waals surface area contributed by atoms with Crippen LogP contribution in [0.5, 0.6) is 0 Å². The minimum atomic E-state index is -0.337. The summed E-state index contributed by atoms with van der Waals surface area (Å²) in [5.74, 6) is 0.455. The van der Waals surface area contributed by atoms with Crippen LogP contribution in [0.25, 0.3) is 0 Å². The fourth-order valence-electron chi connectivity index (χ4n) is 3.23. The molecule has 3 rings (SSSR count). The summed E-state index contributed by atoms with van der Waals surface area (Å²) in [6, 6.07) is 11.2. The second-order valence-electron chi connectivity index (χ2n) is 6.12. The van der Waals surface area contributed by atoms with Crippen molar-refractivity contribution in [3.05, 3.63) is 47.9 Å². The first-order valence-corrected chi connectivity index (χ1v) is 8.62. The van der Waals surface area contributed by atoms with Crippen molar-refractivity contribution in [2.75, 3.05) is 16.8 Å². The summed E-state index contributed by atoms with van der Waals surface area (Å²) in [5.41, 5.74) is 1.21. The van der Waals surface area contributed by atoms with E-state index in [1.165, 1.54) is 12.7 Å². The van der Waals surface area contributed by atoms with E-state index in [0.29, 0.717) is 23.0 Å². The second-order valence-corrected chi connectivity index (χ2v) is 6.12. The summed E-state index contributed by atoms with van der Waals surface area (Å²) < 4.78 is 0. The van der Waals surface area contributed by atoms with Crippen LogP contribution >= 0.6 is 0 Å². The van der Waals surface area contributed by atoms with Crippen molar-refractivity contribution in [1.82, 2.24) is 9.97 Å². The molecule has 1 saturated heterocycles. The largest absolute Gasteiger partial charge is 0.354 e. The van der Waals surface area contributed by atoms with Crippen LogP contribution in [-0.4, -0.2) is 28.5 Å². The van der Waals surface area contributed by atoms with Crippen molar-refractivity contribution < 1.29 is 4.79 Å². The number of aromatic nitrogens is 2. The molecule has 1 unspecified atom stereocenters. The first-order valence-electron chi connectivity index (χ1n) is 8.62. The Hall–Kier alpha value is -2.94. The molecule has 0 radical (unpaired) electrons. The number of piperidine rings is 1. The average molecular weight is 335 g/mol. The van der Waals surface area contributed by atoms with Crippen molar-refractivity contribution in [3.63, 3.8) is 0 Å². The Morgan fingerprint density at radius 2 is 2.20 bits per heavy atom. The Morgan fingerprint density at radius 1 is 1.36 bits per heavy atom. The molecule has 6 nitrogen and oxygen atoms in total. The standard InChI is InChI=1S/C19H21N5O/c1-2-15-8-5-6-10-24(15)18-11-17(21-13-22-18)19(25)23-16-9-4-3-7-14(16)12-20/h3-4,7,9,11,13,15H,2,5-6,8,10H2,1H3,(H,23,25). The molecule has 1 atom stereocenters. The lowest BCUT2D eigenvalue weighted by Gasteiger charge is -2.36. The smallest absolute Gasteiger partial charge is 0.274 e. The van der Waals surface area contributed by atoms with Crippen LogP contribution in [0.4, 0.5) is 11.5 Å². The zero-order valence-electron chi connectivity index (χ0n) is 14.3. The number of hydrogen-bond acceptors (Lipinski definition) is 5. The predicted molar refractivity (Wildman–Crippen MR) is 96.4 cm³/mol. The van der Waals surface area contributed by atoms with E-state index >= 15 is 0 Å². The molecule has 0 bridgehead atoms. The molecule has 1 amide bonds. The lowest BCUT2D eigenvalue weighted by Crippen LogP contribution is -2.39. The van der Waals surface area contributed by atoms with Gasteiger partial charge in [0.2, 0.25) is 0 Å². The number of benzene rings is 1. The summed E-state index contributed by atoms with van der Waals surface area (Å²) in [4.78, 5) is 23.3. The van der Waals surface area contributed by atoms with Gasteiger partial charge in [-0.15, -0.1) is 0 Å². The minimum Gasteiger partial charge on any atom is -0.354 e. The van der Waals surface area contributed by atoms with Crippen LogP contribution in [-0.2, 0) is 0 Å². The number of carbonyl (C=O) groups excluding carboxylic acids is 1. The quantitative estimate of drug-likeness (QED) is 0.926. The zero-order valence-corrected chi connectivity index (χ0v) is 14.3. The van der Waals surface area contributed by atoms with E-state index in [1.54, 1.807) is 30.3 Å². The number of nitrogens with zero attached hydrogens (tertiary/aromatic N) is 4. The number of carbonyl (C=O) groups is 1. The van der Waals surface area contributed by atoms with Gasteiger partial charge < -0.3 is 10.2 Å². The molecule has 128 valence electrons. The summed E-state index contributed by atoms with van der Waals surface area (Å²) in [5, 5.41) is 11.9. The number of nitriles is 1. The summed E-state index contributed by atoms with van der Waals surface area (Å²) in [7, 11) is 0. The fourth-order valence-corrected chi connectivity index (χ4v) is 3.23. The molecule has 1 aromatic carbocycles. The summed E-state index contributed by atoms with van der Waals surface area (Å²) >= 11 is 0. The summed E-state index contributed by atoms with van der Waals surface area (Å²) in [6.45, 7) is 3.13. The predicted octanol–water partition coefficient (Wildman–Crippen LogP) is 3.37. The molecule has 1 aliphatic heterocycles. The van der Waals surface area contributed by atoms with Crippen LogP contribution in [0.15, 0.2) is 36.7 Å². The van der Waals surface area contributed by atoms with Gasteiger partial charge in [0, 0.05) is 18.7 Å². The normalized spacial score (nSPS) is 17.0. The van der Waals surface area contributed by atoms with Gasteiger partial charge in [-0.2, -0.15) is 5.26 Å². The SMILES string of the molecule is CCC1CCCCN1c1cc(C(=O)Nc2ccccc2C#N)ncn1. The second kappa shape index (κ2) is 7.75. The van der Waals surface area contributed by atoms with Gasteiger partial charge in [-0.1, -0.05) is 19.1 Å². The lowest BCUT2D eigenvalue weighted by molar-refractivity contribution is 0.102. The van der Waals surface area contributed by atoms with Crippen LogP contribution < -0.4 is 10.2 Å². The van der Waals surface area contributed by atoms with Crippen molar-refractivity contribution in [3.8, 4) is 6.07 Å². The highest BCUT2D eigenvalue weighted by Gasteiger charge is 2.23. The van der Waals surface area contributed by atoms with Crippen LogP contribution in [0.3, 0.4) is 0 Å². The maximum absolute atomic E-state index is 12.5. The van der Waals surface area contributed by atoms with Gasteiger partial charge in [0.25, 0.3) is 5.91 Å². The zero-order chi connectivity index (χ0) is 17.6. The highest BCUT2D eigenvalue weighted by atomic mass is 16.1. The fraction of sp³-hybridized carbons (Fsp3) is 0.368. The molecule has 25 heavy (non-hydrogen) atoms. The maximum atomic E-state index is 12.5. The number of para-hydroxylation sites is 1. The summed E-state index contributed by atoms with van der Waals surface area (Å²) in [6.07, 6.45) is 6.01. The number of anilines is 2. The molecule has 0 spiro atoms. The van der Waals surface area contributed by atoms with Crippen molar-refractivity contribution >= 4 is 17.4 Å². The Bertz CT molecular complexity index is 798. The highest BCUT2D eigenvalue weighted by Crippen LogP contribution is 2.25. The molecule has 1 N–H and O–H groups in total. The highest BCUT2D eigenvalue weighted by molar-refractivity contribution is 6.03. The Balaban J connectivity index is 1.81. The van der Waals surface area contributed by atoms with Gasteiger partial charge in [0.15, 0.2) is 0 Å². The third-order valence-electron chi connectivity index (χ3n) is 4.57.